The van der Waals surface area contributed by atoms with E-state index in [0.29, 0.717) is 17.5 Å². The number of nitrogens with zero attached hydrogens (tertiary/aromatic N) is 2. The zero-order valence-electron chi connectivity index (χ0n) is 11.0. The first kappa shape index (κ1) is 13.1. The molecule has 7 heteroatoms. The van der Waals surface area contributed by atoms with Gasteiger partial charge in [-0.1, -0.05) is 12.1 Å². The molecule has 1 aliphatic carbocycles. The van der Waals surface area contributed by atoms with Crippen LogP contribution in [-0.4, -0.2) is 30.7 Å². The van der Waals surface area contributed by atoms with Crippen LogP contribution in [-0.2, 0) is 15.6 Å². The van der Waals surface area contributed by atoms with Crippen LogP contribution in [0.3, 0.4) is 0 Å². The van der Waals surface area contributed by atoms with Gasteiger partial charge in [-0.25, -0.2) is 13.4 Å². The number of ether oxygens (including phenoxy) is 1. The lowest BCUT2D eigenvalue weighted by Gasteiger charge is -2.07. The van der Waals surface area contributed by atoms with Crippen molar-refractivity contribution in [3.05, 3.63) is 35.9 Å². The Morgan fingerprint density at radius 3 is 2.80 bits per heavy atom. The van der Waals surface area contributed by atoms with Gasteiger partial charge in [-0.3, -0.25) is 5.10 Å². The first-order chi connectivity index (χ1) is 9.60. The Kier molecular flexibility index (Phi) is 3.21. The number of aromatic amines is 1. The quantitative estimate of drug-likeness (QED) is 0.906. The number of hydrogen-bond acceptors (Lipinski definition) is 5. The van der Waals surface area contributed by atoms with Crippen molar-refractivity contribution < 1.29 is 13.2 Å². The van der Waals surface area contributed by atoms with Gasteiger partial charge in [-0.05, 0) is 25.0 Å². The van der Waals surface area contributed by atoms with E-state index in [-0.39, 0.29) is 10.6 Å². The van der Waals surface area contributed by atoms with Crippen molar-refractivity contribution in [3.63, 3.8) is 0 Å². The number of H-pyrrole nitrogens is 1. The number of sulfone groups is 1. The number of rotatable bonds is 5. The Morgan fingerprint density at radius 1 is 1.35 bits per heavy atom. The SMILES string of the molecule is COc1ccccc1S(=O)(=O)Cc1nc(C2CC2)n[nH]1. The van der Waals surface area contributed by atoms with E-state index < -0.39 is 9.84 Å². The van der Waals surface area contributed by atoms with Crippen LogP contribution in [0.5, 0.6) is 5.75 Å². The molecule has 1 N–H and O–H groups in total. The first-order valence-electron chi connectivity index (χ1n) is 6.37. The van der Waals surface area contributed by atoms with Crippen LogP contribution in [0.25, 0.3) is 0 Å². The highest BCUT2D eigenvalue weighted by molar-refractivity contribution is 7.90. The summed E-state index contributed by atoms with van der Waals surface area (Å²) in [5.41, 5.74) is 0. The molecule has 0 unspecified atom stereocenters. The third kappa shape index (κ3) is 2.53. The molecule has 0 saturated heterocycles. The van der Waals surface area contributed by atoms with Crippen molar-refractivity contribution in [2.24, 2.45) is 0 Å². The average Bonchev–Trinajstić information content (AvgIpc) is 3.20. The molecule has 0 atom stereocenters. The monoisotopic (exact) mass is 293 g/mol. The lowest BCUT2D eigenvalue weighted by atomic mass is 10.3. The van der Waals surface area contributed by atoms with Gasteiger partial charge in [0.25, 0.3) is 0 Å². The van der Waals surface area contributed by atoms with E-state index in [9.17, 15) is 8.42 Å². The molecule has 1 fully saturated rings. The minimum Gasteiger partial charge on any atom is -0.495 e. The second-order valence-corrected chi connectivity index (χ2v) is 6.78. The van der Waals surface area contributed by atoms with Crippen molar-refractivity contribution in [2.45, 2.75) is 29.4 Å². The van der Waals surface area contributed by atoms with Crippen molar-refractivity contribution >= 4 is 9.84 Å². The van der Waals surface area contributed by atoms with Crippen LogP contribution in [0.1, 0.15) is 30.4 Å². The second kappa shape index (κ2) is 4.90. The van der Waals surface area contributed by atoms with Gasteiger partial charge in [0.15, 0.2) is 15.7 Å². The normalized spacial score (nSPS) is 15.2. The lowest BCUT2D eigenvalue weighted by molar-refractivity contribution is 0.402. The largest absolute Gasteiger partial charge is 0.495 e. The van der Waals surface area contributed by atoms with E-state index >= 15 is 0 Å². The smallest absolute Gasteiger partial charge is 0.189 e. The van der Waals surface area contributed by atoms with Gasteiger partial charge in [0, 0.05) is 5.92 Å². The van der Waals surface area contributed by atoms with Crippen LogP contribution in [0, 0.1) is 0 Å². The summed E-state index contributed by atoms with van der Waals surface area (Å²) in [7, 11) is -2.05. The molecule has 106 valence electrons. The Morgan fingerprint density at radius 2 is 2.10 bits per heavy atom. The molecule has 3 rings (SSSR count). The van der Waals surface area contributed by atoms with E-state index in [1.165, 1.54) is 13.2 Å². The van der Waals surface area contributed by atoms with Gasteiger partial charge in [-0.2, -0.15) is 5.10 Å². The number of hydrogen-bond donors (Lipinski definition) is 1. The third-order valence-corrected chi connectivity index (χ3v) is 4.88. The second-order valence-electron chi connectivity index (χ2n) is 4.82. The molecule has 0 amide bonds. The Balaban J connectivity index is 1.87. The minimum absolute atomic E-state index is 0.173. The summed E-state index contributed by atoms with van der Waals surface area (Å²) in [4.78, 5) is 4.42. The highest BCUT2D eigenvalue weighted by atomic mass is 32.2. The maximum Gasteiger partial charge on any atom is 0.189 e. The van der Waals surface area contributed by atoms with E-state index in [1.807, 2.05) is 0 Å². The number of aromatic nitrogens is 3. The van der Waals surface area contributed by atoms with Crippen molar-refractivity contribution in [1.29, 1.82) is 0 Å². The summed E-state index contributed by atoms with van der Waals surface area (Å²) in [5, 5.41) is 6.78. The van der Waals surface area contributed by atoms with Crippen LogP contribution in [0.4, 0.5) is 0 Å². The first-order valence-corrected chi connectivity index (χ1v) is 8.02. The standard InChI is InChI=1S/C13H15N3O3S/c1-19-10-4-2-3-5-11(10)20(17,18)8-12-14-13(16-15-12)9-6-7-9/h2-5,9H,6-8H2,1H3,(H,14,15,16). The van der Waals surface area contributed by atoms with Gasteiger partial charge in [-0.15, -0.1) is 0 Å². The van der Waals surface area contributed by atoms with Gasteiger partial charge in [0.05, 0.1) is 7.11 Å². The van der Waals surface area contributed by atoms with Gasteiger partial charge < -0.3 is 4.74 Å². The molecule has 20 heavy (non-hydrogen) atoms. The molecule has 2 aromatic rings. The summed E-state index contributed by atoms with van der Waals surface area (Å²) in [6, 6.07) is 6.57. The van der Waals surface area contributed by atoms with Crippen molar-refractivity contribution in [1.82, 2.24) is 15.2 Å². The number of para-hydroxylation sites is 1. The van der Waals surface area contributed by atoms with E-state index in [0.717, 1.165) is 18.7 Å². The Bertz CT molecular complexity index is 720. The molecule has 0 bridgehead atoms. The molecule has 1 heterocycles. The molecular formula is C13H15N3O3S. The van der Waals surface area contributed by atoms with E-state index in [4.69, 9.17) is 4.74 Å². The maximum atomic E-state index is 12.4. The highest BCUT2D eigenvalue weighted by Crippen LogP contribution is 2.38. The minimum atomic E-state index is -3.51. The highest BCUT2D eigenvalue weighted by Gasteiger charge is 2.29. The zero-order valence-corrected chi connectivity index (χ0v) is 11.9. The molecule has 0 aliphatic heterocycles. The molecular weight excluding hydrogens is 278 g/mol. The zero-order chi connectivity index (χ0) is 14.2. The number of nitrogens with one attached hydrogen (secondary N) is 1. The molecule has 0 radical (unpaired) electrons. The van der Waals surface area contributed by atoms with E-state index in [1.54, 1.807) is 18.2 Å². The Hall–Kier alpha value is -1.89. The van der Waals surface area contributed by atoms with Gasteiger partial charge >= 0.3 is 0 Å². The lowest BCUT2D eigenvalue weighted by Crippen LogP contribution is -2.08. The van der Waals surface area contributed by atoms with Gasteiger partial charge in [0.2, 0.25) is 0 Å². The molecule has 1 saturated carbocycles. The summed E-state index contributed by atoms with van der Waals surface area (Å²) >= 11 is 0. The number of benzene rings is 1. The fourth-order valence-corrected chi connectivity index (χ4v) is 3.42. The van der Waals surface area contributed by atoms with Crippen LogP contribution < -0.4 is 4.74 Å². The molecule has 6 nitrogen and oxygen atoms in total. The summed E-state index contributed by atoms with van der Waals surface area (Å²) in [6.07, 6.45) is 2.16. The fraction of sp³-hybridized carbons (Fsp3) is 0.385. The average molecular weight is 293 g/mol. The predicted octanol–water partition coefficient (Wildman–Crippen LogP) is 1.66. The molecule has 1 aliphatic rings. The third-order valence-electron chi connectivity index (χ3n) is 3.22. The van der Waals surface area contributed by atoms with Crippen LogP contribution in [0.15, 0.2) is 29.2 Å². The maximum absolute atomic E-state index is 12.4. The summed E-state index contributed by atoms with van der Waals surface area (Å²) < 4.78 is 29.9. The number of methoxy groups -OCH3 is 1. The molecule has 0 spiro atoms. The summed E-state index contributed by atoms with van der Waals surface area (Å²) in [6.45, 7) is 0. The molecule has 1 aromatic heterocycles. The van der Waals surface area contributed by atoms with Crippen molar-refractivity contribution in [2.75, 3.05) is 7.11 Å². The van der Waals surface area contributed by atoms with E-state index in [2.05, 4.69) is 15.2 Å². The van der Waals surface area contributed by atoms with Crippen LogP contribution >= 0.6 is 0 Å². The fourth-order valence-electron chi connectivity index (χ4n) is 2.03. The summed E-state index contributed by atoms with van der Waals surface area (Å²) in [5.74, 6) is 1.63. The predicted molar refractivity (Wildman–Crippen MR) is 72.2 cm³/mol. The molecule has 1 aromatic carbocycles. The topological polar surface area (TPSA) is 84.9 Å². The van der Waals surface area contributed by atoms with Crippen LogP contribution in [0.2, 0.25) is 0 Å². The van der Waals surface area contributed by atoms with Crippen molar-refractivity contribution in [3.8, 4) is 5.75 Å². The Labute approximate surface area is 117 Å². The van der Waals surface area contributed by atoms with Gasteiger partial charge in [0.1, 0.15) is 22.2 Å².